The van der Waals surface area contributed by atoms with Crippen molar-refractivity contribution in [3.8, 4) is 5.75 Å². The van der Waals surface area contributed by atoms with Crippen molar-refractivity contribution in [1.29, 1.82) is 0 Å². The van der Waals surface area contributed by atoms with E-state index in [1.54, 1.807) is 11.3 Å². The van der Waals surface area contributed by atoms with Crippen LogP contribution in [-0.2, 0) is 13.0 Å². The second kappa shape index (κ2) is 4.13. The maximum absolute atomic E-state index is 5.91. The molecule has 0 fully saturated rings. The van der Waals surface area contributed by atoms with Crippen LogP contribution in [0.3, 0.4) is 0 Å². The molecule has 88 valence electrons. The molecule has 1 atom stereocenters. The highest BCUT2D eigenvalue weighted by Gasteiger charge is 2.26. The normalized spacial score (nSPS) is 17.9. The van der Waals surface area contributed by atoms with Crippen molar-refractivity contribution in [3.05, 3.63) is 45.4 Å². The molecule has 0 saturated carbocycles. The first-order chi connectivity index (χ1) is 8.28. The van der Waals surface area contributed by atoms with Crippen molar-refractivity contribution in [2.24, 2.45) is 5.73 Å². The van der Waals surface area contributed by atoms with Gasteiger partial charge in [-0.3, -0.25) is 0 Å². The molecule has 0 amide bonds. The zero-order valence-electron chi connectivity index (χ0n) is 9.64. The first kappa shape index (κ1) is 10.7. The van der Waals surface area contributed by atoms with Gasteiger partial charge in [-0.1, -0.05) is 18.2 Å². The summed E-state index contributed by atoms with van der Waals surface area (Å²) in [6, 6.07) is 8.17. The SMILES string of the molecule is Cc1nc(C2Cc3ccccc3O2)sc1CN. The van der Waals surface area contributed by atoms with Crippen LogP contribution in [0.5, 0.6) is 5.75 Å². The van der Waals surface area contributed by atoms with E-state index in [-0.39, 0.29) is 6.10 Å². The van der Waals surface area contributed by atoms with Crippen LogP contribution >= 0.6 is 11.3 Å². The smallest absolute Gasteiger partial charge is 0.154 e. The molecule has 17 heavy (non-hydrogen) atoms. The van der Waals surface area contributed by atoms with Crippen molar-refractivity contribution in [3.63, 3.8) is 0 Å². The van der Waals surface area contributed by atoms with Gasteiger partial charge in [0.2, 0.25) is 0 Å². The first-order valence-corrected chi connectivity index (χ1v) is 6.50. The third-order valence-corrected chi connectivity index (χ3v) is 4.29. The summed E-state index contributed by atoms with van der Waals surface area (Å²) in [5.74, 6) is 0.986. The van der Waals surface area contributed by atoms with Gasteiger partial charge < -0.3 is 10.5 Å². The molecule has 0 spiro atoms. The van der Waals surface area contributed by atoms with E-state index < -0.39 is 0 Å². The Hall–Kier alpha value is -1.39. The Kier molecular flexibility index (Phi) is 2.61. The van der Waals surface area contributed by atoms with Crippen LogP contribution in [0.2, 0.25) is 0 Å². The zero-order valence-corrected chi connectivity index (χ0v) is 10.5. The van der Waals surface area contributed by atoms with E-state index in [0.717, 1.165) is 27.7 Å². The second-order valence-corrected chi connectivity index (χ2v) is 5.30. The van der Waals surface area contributed by atoms with Gasteiger partial charge in [-0.2, -0.15) is 0 Å². The topological polar surface area (TPSA) is 48.1 Å². The average Bonchev–Trinajstić information content (AvgIpc) is 2.91. The molecule has 2 aromatic rings. The summed E-state index contributed by atoms with van der Waals surface area (Å²) < 4.78 is 5.91. The third kappa shape index (κ3) is 1.83. The number of nitrogens with two attached hydrogens (primary N) is 1. The highest BCUT2D eigenvalue weighted by atomic mass is 32.1. The summed E-state index contributed by atoms with van der Waals surface area (Å²) in [6.45, 7) is 2.56. The molecule has 3 rings (SSSR count). The summed E-state index contributed by atoms with van der Waals surface area (Å²) in [5, 5.41) is 1.04. The minimum Gasteiger partial charge on any atom is -0.483 e. The minimum absolute atomic E-state index is 0.0661. The van der Waals surface area contributed by atoms with Crippen LogP contribution in [0.15, 0.2) is 24.3 Å². The molecule has 0 aliphatic carbocycles. The Morgan fingerprint density at radius 3 is 3.00 bits per heavy atom. The number of thiazole rings is 1. The van der Waals surface area contributed by atoms with Crippen LogP contribution < -0.4 is 10.5 Å². The Labute approximate surface area is 104 Å². The average molecular weight is 246 g/mol. The minimum atomic E-state index is 0.0661. The molecular formula is C13H14N2OS. The number of fused-ring (bicyclic) bond motifs is 1. The highest BCUT2D eigenvalue weighted by Crippen LogP contribution is 2.38. The molecule has 0 saturated heterocycles. The number of aromatic nitrogens is 1. The molecule has 4 heteroatoms. The fourth-order valence-corrected chi connectivity index (χ4v) is 3.07. The molecule has 0 bridgehead atoms. The van der Waals surface area contributed by atoms with Gasteiger partial charge in [0, 0.05) is 17.8 Å². The Bertz CT molecular complexity index is 525. The lowest BCUT2D eigenvalue weighted by Crippen LogP contribution is -2.02. The van der Waals surface area contributed by atoms with Gasteiger partial charge in [-0.15, -0.1) is 11.3 Å². The van der Waals surface area contributed by atoms with Crippen LogP contribution in [0.4, 0.5) is 0 Å². The maximum atomic E-state index is 5.91. The summed E-state index contributed by atoms with van der Waals surface area (Å²) in [4.78, 5) is 5.71. The van der Waals surface area contributed by atoms with E-state index in [0.29, 0.717) is 6.54 Å². The quantitative estimate of drug-likeness (QED) is 0.886. The monoisotopic (exact) mass is 246 g/mol. The maximum Gasteiger partial charge on any atom is 0.154 e. The van der Waals surface area contributed by atoms with Crippen molar-refractivity contribution in [2.75, 3.05) is 0 Å². The van der Waals surface area contributed by atoms with Crippen LogP contribution in [0.25, 0.3) is 0 Å². The van der Waals surface area contributed by atoms with Crippen molar-refractivity contribution >= 4 is 11.3 Å². The molecule has 3 nitrogen and oxygen atoms in total. The van der Waals surface area contributed by atoms with Crippen molar-refractivity contribution in [2.45, 2.75) is 26.0 Å². The van der Waals surface area contributed by atoms with Gasteiger partial charge >= 0.3 is 0 Å². The number of nitrogens with zero attached hydrogens (tertiary/aromatic N) is 1. The predicted molar refractivity (Wildman–Crippen MR) is 68.3 cm³/mol. The van der Waals surface area contributed by atoms with Crippen molar-refractivity contribution < 1.29 is 4.74 Å². The van der Waals surface area contributed by atoms with Gasteiger partial charge in [0.15, 0.2) is 6.10 Å². The number of hydrogen-bond donors (Lipinski definition) is 1. The lowest BCUT2D eigenvalue weighted by atomic mass is 10.1. The van der Waals surface area contributed by atoms with Crippen LogP contribution in [-0.4, -0.2) is 4.98 Å². The molecule has 1 aliphatic rings. The molecule has 2 N–H and O–H groups in total. The Balaban J connectivity index is 1.88. The van der Waals surface area contributed by atoms with E-state index in [4.69, 9.17) is 10.5 Å². The fraction of sp³-hybridized carbons (Fsp3) is 0.308. The molecule has 1 aromatic heterocycles. The number of rotatable bonds is 2. The van der Waals surface area contributed by atoms with E-state index in [2.05, 4.69) is 11.1 Å². The van der Waals surface area contributed by atoms with Crippen molar-refractivity contribution in [1.82, 2.24) is 4.98 Å². The molecular weight excluding hydrogens is 232 g/mol. The van der Waals surface area contributed by atoms with E-state index in [9.17, 15) is 0 Å². The molecule has 0 radical (unpaired) electrons. The third-order valence-electron chi connectivity index (χ3n) is 3.02. The second-order valence-electron chi connectivity index (χ2n) is 4.18. The molecule has 1 unspecified atom stereocenters. The molecule has 2 heterocycles. The largest absolute Gasteiger partial charge is 0.483 e. The Morgan fingerprint density at radius 2 is 2.29 bits per heavy atom. The number of ether oxygens (including phenoxy) is 1. The van der Waals surface area contributed by atoms with Gasteiger partial charge in [-0.25, -0.2) is 4.98 Å². The van der Waals surface area contributed by atoms with Gasteiger partial charge in [0.05, 0.1) is 5.69 Å². The van der Waals surface area contributed by atoms with E-state index >= 15 is 0 Å². The Morgan fingerprint density at radius 1 is 1.47 bits per heavy atom. The summed E-state index contributed by atoms with van der Waals surface area (Å²) in [6.07, 6.45) is 0.976. The van der Waals surface area contributed by atoms with Crippen LogP contribution in [0.1, 0.15) is 27.2 Å². The number of aryl methyl sites for hydroxylation is 1. The van der Waals surface area contributed by atoms with E-state index in [1.165, 1.54) is 5.56 Å². The van der Waals surface area contributed by atoms with Gasteiger partial charge in [-0.05, 0) is 18.6 Å². The molecule has 1 aromatic carbocycles. The van der Waals surface area contributed by atoms with Crippen LogP contribution in [0, 0.1) is 6.92 Å². The summed E-state index contributed by atoms with van der Waals surface area (Å²) in [7, 11) is 0. The van der Waals surface area contributed by atoms with Gasteiger partial charge in [0.1, 0.15) is 10.8 Å². The predicted octanol–water partition coefficient (Wildman–Crippen LogP) is 2.59. The molecule has 1 aliphatic heterocycles. The van der Waals surface area contributed by atoms with Gasteiger partial charge in [0.25, 0.3) is 0 Å². The summed E-state index contributed by atoms with van der Waals surface area (Å²) in [5.41, 5.74) is 7.97. The lowest BCUT2D eigenvalue weighted by Gasteiger charge is -2.06. The first-order valence-electron chi connectivity index (χ1n) is 5.68. The number of benzene rings is 1. The number of para-hydroxylation sites is 1. The zero-order chi connectivity index (χ0) is 11.8. The standard InChI is InChI=1S/C13H14N2OS/c1-8-12(7-14)17-13(15-8)11-6-9-4-2-3-5-10(9)16-11/h2-5,11H,6-7,14H2,1H3. The summed E-state index contributed by atoms with van der Waals surface area (Å²) >= 11 is 1.67. The highest BCUT2D eigenvalue weighted by molar-refractivity contribution is 7.11. The van der Waals surface area contributed by atoms with E-state index in [1.807, 2.05) is 25.1 Å². The number of hydrogen-bond acceptors (Lipinski definition) is 4. The lowest BCUT2D eigenvalue weighted by molar-refractivity contribution is 0.238. The fourth-order valence-electron chi connectivity index (χ4n) is 2.10.